The molecular formula is C22H33NO7. The van der Waals surface area contributed by atoms with E-state index >= 15 is 0 Å². The maximum atomic E-state index is 12.1. The summed E-state index contributed by atoms with van der Waals surface area (Å²) >= 11 is 0. The normalized spacial score (nSPS) is 10.2. The second kappa shape index (κ2) is 15.1. The van der Waals surface area contributed by atoms with Crippen molar-refractivity contribution in [2.75, 3.05) is 25.6 Å². The van der Waals surface area contributed by atoms with E-state index in [1.165, 1.54) is 25.3 Å². The van der Waals surface area contributed by atoms with Crippen LogP contribution in [-0.2, 0) is 14.2 Å². The van der Waals surface area contributed by atoms with Crippen LogP contribution in [0.15, 0.2) is 18.2 Å². The van der Waals surface area contributed by atoms with E-state index < -0.39 is 18.2 Å². The van der Waals surface area contributed by atoms with Gasteiger partial charge in [-0.3, -0.25) is 5.32 Å². The highest BCUT2D eigenvalue weighted by Gasteiger charge is 2.18. The van der Waals surface area contributed by atoms with E-state index in [-0.39, 0.29) is 17.9 Å². The van der Waals surface area contributed by atoms with Crippen LogP contribution in [0.25, 0.3) is 0 Å². The number of anilines is 1. The molecular weight excluding hydrogens is 390 g/mol. The summed E-state index contributed by atoms with van der Waals surface area (Å²) in [6, 6.07) is 4.24. The highest BCUT2D eigenvalue weighted by molar-refractivity contribution is 5.95. The first-order valence-corrected chi connectivity index (χ1v) is 10.5. The lowest BCUT2D eigenvalue weighted by atomic mass is 10.2. The van der Waals surface area contributed by atoms with Gasteiger partial charge in [-0.1, -0.05) is 52.4 Å². The Morgan fingerprint density at radius 2 is 1.50 bits per heavy atom. The van der Waals surface area contributed by atoms with Crippen molar-refractivity contribution >= 4 is 23.9 Å². The Morgan fingerprint density at radius 1 is 0.867 bits per heavy atom. The van der Waals surface area contributed by atoms with Crippen molar-refractivity contribution in [2.24, 2.45) is 0 Å². The summed E-state index contributed by atoms with van der Waals surface area (Å²) in [5.74, 6) is -0.726. The number of nitrogens with one attached hydrogen (secondary N) is 1. The molecule has 0 saturated carbocycles. The van der Waals surface area contributed by atoms with Crippen molar-refractivity contribution in [3.8, 4) is 5.75 Å². The van der Waals surface area contributed by atoms with Crippen molar-refractivity contribution in [3.05, 3.63) is 23.8 Å². The van der Waals surface area contributed by atoms with E-state index in [0.29, 0.717) is 12.3 Å². The van der Waals surface area contributed by atoms with Gasteiger partial charge < -0.3 is 18.9 Å². The molecule has 8 heteroatoms. The zero-order chi connectivity index (χ0) is 22.2. The Morgan fingerprint density at radius 3 is 2.10 bits per heavy atom. The quantitative estimate of drug-likeness (QED) is 0.188. The molecule has 1 amide bonds. The standard InChI is InChI=1S/C22H33NO7/c1-4-6-8-10-14-28-21(25)23-17-12-13-19(18(16-17)20(24)27-3)30-22(26)29-15-11-9-7-5-2/h12-13,16H,4-11,14-15H2,1-3H3,(H,23,25). The van der Waals surface area contributed by atoms with Crippen LogP contribution in [0, 0.1) is 0 Å². The summed E-state index contributed by atoms with van der Waals surface area (Å²) in [5, 5.41) is 2.55. The lowest BCUT2D eigenvalue weighted by Crippen LogP contribution is -2.16. The smallest absolute Gasteiger partial charge is 0.465 e. The number of carbonyl (C=O) groups excluding carboxylic acids is 3. The Labute approximate surface area is 178 Å². The molecule has 0 spiro atoms. The molecule has 0 radical (unpaired) electrons. The molecule has 0 fully saturated rings. The maximum Gasteiger partial charge on any atom is 0.513 e. The van der Waals surface area contributed by atoms with Gasteiger partial charge in [-0.15, -0.1) is 0 Å². The van der Waals surface area contributed by atoms with Crippen molar-refractivity contribution < 1.29 is 33.3 Å². The van der Waals surface area contributed by atoms with Crippen molar-refractivity contribution in [1.29, 1.82) is 0 Å². The van der Waals surface area contributed by atoms with Gasteiger partial charge in [-0.25, -0.2) is 14.4 Å². The van der Waals surface area contributed by atoms with Crippen LogP contribution in [-0.4, -0.2) is 38.5 Å². The monoisotopic (exact) mass is 423 g/mol. The van der Waals surface area contributed by atoms with Crippen LogP contribution in [0.3, 0.4) is 0 Å². The molecule has 0 atom stereocenters. The molecule has 0 aliphatic rings. The van der Waals surface area contributed by atoms with Crippen molar-refractivity contribution in [2.45, 2.75) is 65.2 Å². The molecule has 8 nitrogen and oxygen atoms in total. The van der Waals surface area contributed by atoms with E-state index in [1.54, 1.807) is 0 Å². The second-order valence-corrected chi connectivity index (χ2v) is 6.79. The van der Waals surface area contributed by atoms with Gasteiger partial charge in [0.1, 0.15) is 11.3 Å². The number of ether oxygens (including phenoxy) is 4. The summed E-state index contributed by atoms with van der Waals surface area (Å²) in [5.41, 5.74) is 0.301. The third-order valence-electron chi connectivity index (χ3n) is 4.27. The van der Waals surface area contributed by atoms with Gasteiger partial charge in [0.15, 0.2) is 0 Å². The molecule has 0 aromatic heterocycles. The number of carbonyl (C=O) groups is 3. The minimum absolute atomic E-state index is 0.0128. The van der Waals surface area contributed by atoms with Crippen molar-refractivity contribution in [3.63, 3.8) is 0 Å². The molecule has 0 unspecified atom stereocenters. The molecule has 0 aliphatic heterocycles. The van der Waals surface area contributed by atoms with Crippen LogP contribution in [0.2, 0.25) is 0 Å². The lowest BCUT2D eigenvalue weighted by Gasteiger charge is -2.12. The van der Waals surface area contributed by atoms with Gasteiger partial charge in [0, 0.05) is 5.69 Å². The van der Waals surface area contributed by atoms with Crippen LogP contribution >= 0.6 is 0 Å². The van der Waals surface area contributed by atoms with E-state index in [9.17, 15) is 14.4 Å². The average molecular weight is 424 g/mol. The van der Waals surface area contributed by atoms with E-state index in [4.69, 9.17) is 18.9 Å². The number of hydrogen-bond donors (Lipinski definition) is 1. The van der Waals surface area contributed by atoms with Gasteiger partial charge in [-0.05, 0) is 31.0 Å². The Bertz CT molecular complexity index is 675. The fourth-order valence-electron chi connectivity index (χ4n) is 2.62. The number of hydrogen-bond acceptors (Lipinski definition) is 7. The van der Waals surface area contributed by atoms with Gasteiger partial charge >= 0.3 is 18.2 Å². The topological polar surface area (TPSA) is 100 Å². The van der Waals surface area contributed by atoms with Crippen LogP contribution in [0.5, 0.6) is 5.75 Å². The molecule has 0 bridgehead atoms. The van der Waals surface area contributed by atoms with Gasteiger partial charge in [0.2, 0.25) is 0 Å². The highest BCUT2D eigenvalue weighted by atomic mass is 16.7. The van der Waals surface area contributed by atoms with Gasteiger partial charge in [-0.2, -0.15) is 0 Å². The first-order chi connectivity index (χ1) is 14.5. The van der Waals surface area contributed by atoms with Gasteiger partial charge in [0.05, 0.1) is 20.3 Å². The summed E-state index contributed by atoms with van der Waals surface area (Å²) in [4.78, 5) is 35.8. The Balaban J connectivity index is 2.64. The Kier molecular flexibility index (Phi) is 12.7. The third-order valence-corrected chi connectivity index (χ3v) is 4.27. The van der Waals surface area contributed by atoms with E-state index in [2.05, 4.69) is 19.2 Å². The zero-order valence-corrected chi connectivity index (χ0v) is 18.2. The zero-order valence-electron chi connectivity index (χ0n) is 18.2. The summed E-state index contributed by atoms with van der Waals surface area (Å²) in [6.45, 7) is 4.76. The number of amides is 1. The largest absolute Gasteiger partial charge is 0.513 e. The minimum Gasteiger partial charge on any atom is -0.465 e. The average Bonchev–Trinajstić information content (AvgIpc) is 2.74. The predicted octanol–water partition coefficient (Wildman–Crippen LogP) is 5.70. The fourth-order valence-corrected chi connectivity index (χ4v) is 2.62. The van der Waals surface area contributed by atoms with E-state index in [0.717, 1.165) is 51.4 Å². The third kappa shape index (κ3) is 10.1. The number of esters is 1. The Hall–Kier alpha value is -2.77. The molecule has 1 rings (SSSR count). The lowest BCUT2D eigenvalue weighted by molar-refractivity contribution is 0.0594. The SMILES string of the molecule is CCCCCCOC(=O)Nc1ccc(OC(=O)OCCCCCC)c(C(=O)OC)c1. The second-order valence-electron chi connectivity index (χ2n) is 6.79. The van der Waals surface area contributed by atoms with Crippen LogP contribution < -0.4 is 10.1 Å². The molecule has 168 valence electrons. The molecule has 1 aromatic rings. The molecule has 1 aromatic carbocycles. The van der Waals surface area contributed by atoms with Gasteiger partial charge in [0.25, 0.3) is 0 Å². The maximum absolute atomic E-state index is 12.1. The summed E-state index contributed by atoms with van der Waals surface area (Å²) in [6.07, 6.45) is 6.33. The first-order valence-electron chi connectivity index (χ1n) is 10.5. The summed E-state index contributed by atoms with van der Waals surface area (Å²) in [7, 11) is 1.21. The molecule has 0 aliphatic carbocycles. The fraction of sp³-hybridized carbons (Fsp3) is 0.591. The molecule has 0 saturated heterocycles. The van der Waals surface area contributed by atoms with Crippen molar-refractivity contribution in [1.82, 2.24) is 0 Å². The summed E-state index contributed by atoms with van der Waals surface area (Å²) < 4.78 is 20.0. The molecule has 30 heavy (non-hydrogen) atoms. The molecule has 0 heterocycles. The number of methoxy groups -OCH3 is 1. The number of benzene rings is 1. The molecule has 1 N–H and O–H groups in total. The number of rotatable bonds is 13. The van der Waals surface area contributed by atoms with Crippen LogP contribution in [0.4, 0.5) is 15.3 Å². The first kappa shape index (κ1) is 25.3. The van der Waals surface area contributed by atoms with E-state index in [1.807, 2.05) is 0 Å². The number of unbranched alkanes of at least 4 members (excludes halogenated alkanes) is 6. The minimum atomic E-state index is -0.899. The predicted molar refractivity (Wildman–Crippen MR) is 113 cm³/mol. The highest BCUT2D eigenvalue weighted by Crippen LogP contribution is 2.24. The van der Waals surface area contributed by atoms with Crippen LogP contribution in [0.1, 0.15) is 75.6 Å².